The Balaban J connectivity index is 1.72. The maximum Gasteiger partial charge on any atom is 0.127 e. The van der Waals surface area contributed by atoms with Gasteiger partial charge < -0.3 is 15.2 Å². The number of benzene rings is 1. The molecule has 0 bridgehead atoms. The van der Waals surface area contributed by atoms with Crippen molar-refractivity contribution in [1.29, 1.82) is 0 Å². The van der Waals surface area contributed by atoms with E-state index in [1.807, 2.05) is 18.3 Å². The van der Waals surface area contributed by atoms with Crippen LogP contribution >= 0.6 is 0 Å². The highest BCUT2D eigenvalue weighted by Gasteiger charge is 2.23. The van der Waals surface area contributed by atoms with Gasteiger partial charge in [-0.25, -0.2) is 0 Å². The standard InChI is InChI=1S/C15H16N2O2/c1-10-4-5-16-7-11(10)8-17-14-9-19-15-6-12(18)2-3-13(14)15/h2-7,14,17-18H,8-9H2,1H3. The SMILES string of the molecule is Cc1ccncc1CNC1COc2cc(O)ccc21. The lowest BCUT2D eigenvalue weighted by Gasteiger charge is -2.12. The molecule has 1 aromatic heterocycles. The molecule has 1 aliphatic rings. The molecule has 1 atom stereocenters. The molecule has 0 saturated heterocycles. The predicted octanol–water partition coefficient (Wildman–Crippen LogP) is 2.32. The zero-order valence-corrected chi connectivity index (χ0v) is 10.8. The first-order valence-corrected chi connectivity index (χ1v) is 6.32. The van der Waals surface area contributed by atoms with E-state index in [0.29, 0.717) is 6.61 Å². The van der Waals surface area contributed by atoms with Crippen molar-refractivity contribution in [2.75, 3.05) is 6.61 Å². The second kappa shape index (κ2) is 4.90. The van der Waals surface area contributed by atoms with Gasteiger partial charge in [0.05, 0.1) is 6.04 Å². The molecular formula is C15H16N2O2. The first kappa shape index (κ1) is 12.0. The highest BCUT2D eigenvalue weighted by Crippen LogP contribution is 2.34. The van der Waals surface area contributed by atoms with E-state index >= 15 is 0 Å². The summed E-state index contributed by atoms with van der Waals surface area (Å²) in [5.74, 6) is 1.00. The Labute approximate surface area is 112 Å². The fraction of sp³-hybridized carbons (Fsp3) is 0.267. The number of aromatic nitrogens is 1. The molecule has 0 spiro atoms. The Bertz CT molecular complexity index is 598. The van der Waals surface area contributed by atoms with Crippen LogP contribution in [0.15, 0.2) is 36.7 Å². The summed E-state index contributed by atoms with van der Waals surface area (Å²) in [6, 6.07) is 7.43. The van der Waals surface area contributed by atoms with Crippen LogP contribution < -0.4 is 10.1 Å². The maximum atomic E-state index is 9.42. The molecule has 0 fully saturated rings. The van der Waals surface area contributed by atoms with Crippen LogP contribution in [0.2, 0.25) is 0 Å². The third-order valence-corrected chi connectivity index (χ3v) is 3.46. The third-order valence-electron chi connectivity index (χ3n) is 3.46. The number of aryl methyl sites for hydroxylation is 1. The first-order chi connectivity index (χ1) is 9.24. The van der Waals surface area contributed by atoms with E-state index in [-0.39, 0.29) is 11.8 Å². The van der Waals surface area contributed by atoms with E-state index in [4.69, 9.17) is 4.74 Å². The molecule has 1 aliphatic heterocycles. The van der Waals surface area contributed by atoms with E-state index in [1.165, 1.54) is 11.1 Å². The summed E-state index contributed by atoms with van der Waals surface area (Å²) in [7, 11) is 0. The van der Waals surface area contributed by atoms with Gasteiger partial charge in [0.2, 0.25) is 0 Å². The molecule has 19 heavy (non-hydrogen) atoms. The number of pyridine rings is 1. The zero-order valence-electron chi connectivity index (χ0n) is 10.8. The van der Waals surface area contributed by atoms with Crippen LogP contribution in [0.25, 0.3) is 0 Å². The predicted molar refractivity (Wildman–Crippen MR) is 72.2 cm³/mol. The van der Waals surface area contributed by atoms with Crippen molar-refractivity contribution in [3.05, 3.63) is 53.3 Å². The van der Waals surface area contributed by atoms with Crippen molar-refractivity contribution in [2.24, 2.45) is 0 Å². The van der Waals surface area contributed by atoms with Crippen molar-refractivity contribution in [2.45, 2.75) is 19.5 Å². The number of fused-ring (bicyclic) bond motifs is 1. The van der Waals surface area contributed by atoms with Crippen LogP contribution in [0.4, 0.5) is 0 Å². The molecular weight excluding hydrogens is 240 g/mol. The summed E-state index contributed by atoms with van der Waals surface area (Å²) in [5, 5.41) is 12.9. The first-order valence-electron chi connectivity index (χ1n) is 6.32. The quantitative estimate of drug-likeness (QED) is 0.885. The van der Waals surface area contributed by atoms with Gasteiger partial charge in [-0.1, -0.05) is 0 Å². The van der Waals surface area contributed by atoms with E-state index in [0.717, 1.165) is 17.9 Å². The van der Waals surface area contributed by atoms with Crippen LogP contribution in [-0.2, 0) is 6.54 Å². The Morgan fingerprint density at radius 3 is 3.16 bits per heavy atom. The Morgan fingerprint density at radius 2 is 2.32 bits per heavy atom. The number of nitrogens with one attached hydrogen (secondary N) is 1. The average molecular weight is 256 g/mol. The molecule has 3 rings (SSSR count). The summed E-state index contributed by atoms with van der Waals surface area (Å²) < 4.78 is 5.57. The minimum atomic E-state index is 0.162. The summed E-state index contributed by atoms with van der Waals surface area (Å²) >= 11 is 0. The number of ether oxygens (including phenoxy) is 1. The Kier molecular flexibility index (Phi) is 3.09. The number of phenols is 1. The van der Waals surface area contributed by atoms with Gasteiger partial charge in [0.1, 0.15) is 18.1 Å². The zero-order chi connectivity index (χ0) is 13.2. The van der Waals surface area contributed by atoms with Gasteiger partial charge in [0.15, 0.2) is 0 Å². The summed E-state index contributed by atoms with van der Waals surface area (Å²) in [6.45, 7) is 3.43. The van der Waals surface area contributed by atoms with Crippen molar-refractivity contribution < 1.29 is 9.84 Å². The summed E-state index contributed by atoms with van der Waals surface area (Å²) in [6.07, 6.45) is 3.69. The molecule has 0 amide bonds. The Hall–Kier alpha value is -2.07. The van der Waals surface area contributed by atoms with E-state index in [2.05, 4.69) is 17.2 Å². The van der Waals surface area contributed by atoms with Gasteiger partial charge in [-0.3, -0.25) is 4.98 Å². The van der Waals surface area contributed by atoms with Gasteiger partial charge in [-0.05, 0) is 36.2 Å². The number of rotatable bonds is 3. The average Bonchev–Trinajstić information content (AvgIpc) is 2.80. The van der Waals surface area contributed by atoms with E-state index in [1.54, 1.807) is 18.3 Å². The largest absolute Gasteiger partial charge is 0.508 e. The molecule has 2 N–H and O–H groups in total. The van der Waals surface area contributed by atoms with E-state index < -0.39 is 0 Å². The number of hydrogen-bond acceptors (Lipinski definition) is 4. The van der Waals surface area contributed by atoms with E-state index in [9.17, 15) is 5.11 Å². The molecule has 0 radical (unpaired) electrons. The minimum absolute atomic E-state index is 0.162. The third kappa shape index (κ3) is 2.39. The van der Waals surface area contributed by atoms with Crippen molar-refractivity contribution in [3.63, 3.8) is 0 Å². The van der Waals surface area contributed by atoms with Crippen LogP contribution in [-0.4, -0.2) is 16.7 Å². The fourth-order valence-corrected chi connectivity index (χ4v) is 2.28. The van der Waals surface area contributed by atoms with Crippen molar-refractivity contribution >= 4 is 0 Å². The lowest BCUT2D eigenvalue weighted by Crippen LogP contribution is -2.22. The summed E-state index contributed by atoms with van der Waals surface area (Å²) in [5.41, 5.74) is 3.52. The molecule has 0 aliphatic carbocycles. The molecule has 1 aromatic carbocycles. The molecule has 98 valence electrons. The van der Waals surface area contributed by atoms with Crippen molar-refractivity contribution in [3.8, 4) is 11.5 Å². The minimum Gasteiger partial charge on any atom is -0.508 e. The maximum absolute atomic E-state index is 9.42. The molecule has 0 saturated carbocycles. The van der Waals surface area contributed by atoms with Gasteiger partial charge in [0, 0.05) is 30.6 Å². The lowest BCUT2D eigenvalue weighted by molar-refractivity contribution is 0.309. The lowest BCUT2D eigenvalue weighted by atomic mass is 10.1. The monoisotopic (exact) mass is 256 g/mol. The van der Waals surface area contributed by atoms with Gasteiger partial charge in [0.25, 0.3) is 0 Å². The smallest absolute Gasteiger partial charge is 0.127 e. The van der Waals surface area contributed by atoms with Crippen LogP contribution in [0.5, 0.6) is 11.5 Å². The normalized spacial score (nSPS) is 17.0. The number of hydrogen-bond donors (Lipinski definition) is 2. The van der Waals surface area contributed by atoms with Crippen molar-refractivity contribution in [1.82, 2.24) is 10.3 Å². The molecule has 4 heteroatoms. The topological polar surface area (TPSA) is 54.4 Å². The van der Waals surface area contributed by atoms with Gasteiger partial charge in [-0.15, -0.1) is 0 Å². The second-order valence-electron chi connectivity index (χ2n) is 4.77. The summed E-state index contributed by atoms with van der Waals surface area (Å²) in [4.78, 5) is 4.14. The second-order valence-corrected chi connectivity index (χ2v) is 4.77. The van der Waals surface area contributed by atoms with Crippen LogP contribution in [0.1, 0.15) is 22.7 Å². The number of nitrogens with zero attached hydrogens (tertiary/aromatic N) is 1. The fourth-order valence-electron chi connectivity index (χ4n) is 2.28. The van der Waals surface area contributed by atoms with Crippen LogP contribution in [0.3, 0.4) is 0 Å². The van der Waals surface area contributed by atoms with Gasteiger partial charge in [-0.2, -0.15) is 0 Å². The molecule has 1 unspecified atom stereocenters. The highest BCUT2D eigenvalue weighted by atomic mass is 16.5. The molecule has 2 heterocycles. The number of phenolic OH excluding ortho intramolecular Hbond substituents is 1. The molecule has 2 aromatic rings. The Morgan fingerprint density at radius 1 is 1.42 bits per heavy atom. The van der Waals surface area contributed by atoms with Gasteiger partial charge >= 0.3 is 0 Å². The highest BCUT2D eigenvalue weighted by molar-refractivity contribution is 5.44. The van der Waals surface area contributed by atoms with Crippen LogP contribution in [0, 0.1) is 6.92 Å². The molecule has 4 nitrogen and oxygen atoms in total. The number of aromatic hydroxyl groups is 1.